The van der Waals surface area contributed by atoms with Crippen molar-refractivity contribution in [1.82, 2.24) is 19.8 Å². The smallest absolute Gasteiger partial charge is 0.410 e. The summed E-state index contributed by atoms with van der Waals surface area (Å²) >= 11 is 0. The molecule has 4 heterocycles. The molecule has 0 aliphatic carbocycles. The van der Waals surface area contributed by atoms with E-state index in [2.05, 4.69) is 19.9 Å². The molecule has 11 heteroatoms. The summed E-state index contributed by atoms with van der Waals surface area (Å²) in [5, 5.41) is 1.94. The van der Waals surface area contributed by atoms with Crippen molar-refractivity contribution in [1.29, 1.82) is 0 Å². The standard InChI is InChI=1S/C33H39N5O6/c1-33(2,3)44-32(40)38-11-5-7-26(38)21-8-9-22-25(17-21)36-31(39)29(22)30-23-18-27(41-4)28(19-24(23)34-20-35-30)43-14-6-10-37-12-15-42-16-13-37/h8-9,17-20,26H,5-7,10-16H2,1-4H3. The van der Waals surface area contributed by atoms with Gasteiger partial charge in [-0.25, -0.2) is 19.8 Å². The first kappa shape index (κ1) is 30.0. The third kappa shape index (κ3) is 6.25. The number of aromatic nitrogens is 2. The maximum absolute atomic E-state index is 13.3. The summed E-state index contributed by atoms with van der Waals surface area (Å²) in [6.45, 7) is 11.1. The minimum atomic E-state index is -0.577. The summed E-state index contributed by atoms with van der Waals surface area (Å²) < 4.78 is 22.9. The largest absolute Gasteiger partial charge is 0.493 e. The third-order valence-electron chi connectivity index (χ3n) is 8.13. The van der Waals surface area contributed by atoms with Crippen molar-refractivity contribution in [2.45, 2.75) is 51.7 Å². The highest BCUT2D eigenvalue weighted by molar-refractivity contribution is 6.23. The van der Waals surface area contributed by atoms with Crippen molar-refractivity contribution in [3.05, 3.63) is 58.5 Å². The summed E-state index contributed by atoms with van der Waals surface area (Å²) in [6.07, 6.45) is 3.69. The Kier molecular flexibility index (Phi) is 8.50. The van der Waals surface area contributed by atoms with E-state index in [1.54, 1.807) is 12.0 Å². The van der Waals surface area contributed by atoms with Gasteiger partial charge in [0.2, 0.25) is 0 Å². The van der Waals surface area contributed by atoms with Crippen LogP contribution >= 0.6 is 0 Å². The van der Waals surface area contributed by atoms with Crippen LogP contribution in [-0.2, 0) is 14.3 Å². The average Bonchev–Trinajstić information content (AvgIpc) is 3.62. The molecule has 44 heavy (non-hydrogen) atoms. The van der Waals surface area contributed by atoms with Crippen molar-refractivity contribution >= 4 is 28.5 Å². The molecule has 1 aromatic heterocycles. The maximum Gasteiger partial charge on any atom is 0.410 e. The molecule has 2 aromatic carbocycles. The summed E-state index contributed by atoms with van der Waals surface area (Å²) in [7, 11) is 1.59. The Bertz CT molecular complexity index is 1700. The van der Waals surface area contributed by atoms with Gasteiger partial charge in [0, 0.05) is 42.9 Å². The monoisotopic (exact) mass is 601 g/mol. The van der Waals surface area contributed by atoms with Gasteiger partial charge < -0.3 is 23.8 Å². The summed E-state index contributed by atoms with van der Waals surface area (Å²) in [6, 6.07) is 9.29. The van der Waals surface area contributed by atoms with E-state index in [-0.39, 0.29) is 18.0 Å². The Labute approximate surface area is 256 Å². The van der Waals surface area contributed by atoms with Gasteiger partial charge in [0.25, 0.3) is 5.91 Å². The zero-order valence-electron chi connectivity index (χ0n) is 25.8. The van der Waals surface area contributed by atoms with Gasteiger partial charge in [-0.2, -0.15) is 0 Å². The van der Waals surface area contributed by atoms with E-state index in [0.717, 1.165) is 57.7 Å². The van der Waals surface area contributed by atoms with Gasteiger partial charge in [-0.05, 0) is 57.7 Å². The third-order valence-corrected chi connectivity index (χ3v) is 8.13. The van der Waals surface area contributed by atoms with E-state index >= 15 is 0 Å². The second-order valence-corrected chi connectivity index (χ2v) is 12.3. The fourth-order valence-electron chi connectivity index (χ4n) is 6.05. The molecule has 3 aromatic rings. The molecule has 1 unspecified atom stereocenters. The lowest BCUT2D eigenvalue weighted by atomic mass is 10.0. The first-order chi connectivity index (χ1) is 21.2. The SMILES string of the molecule is COc1cc2c(C3=c4ccc(C5CCCN5C(=O)OC(C)(C)C)cc4=NC3=O)ncnc2cc1OCCCN1CCOCC1. The molecule has 232 valence electrons. The highest BCUT2D eigenvalue weighted by Crippen LogP contribution is 2.35. The summed E-state index contributed by atoms with van der Waals surface area (Å²) in [5.41, 5.74) is 1.89. The van der Waals surface area contributed by atoms with E-state index < -0.39 is 5.60 Å². The molecule has 2 saturated heterocycles. The first-order valence-electron chi connectivity index (χ1n) is 15.2. The molecule has 0 radical (unpaired) electrons. The number of fused-ring (bicyclic) bond motifs is 2. The van der Waals surface area contributed by atoms with Crippen LogP contribution < -0.4 is 20.0 Å². The van der Waals surface area contributed by atoms with Gasteiger partial charge in [0.1, 0.15) is 11.9 Å². The number of amides is 2. The Hall–Kier alpha value is -4.09. The Morgan fingerprint density at radius 3 is 2.66 bits per heavy atom. The van der Waals surface area contributed by atoms with Gasteiger partial charge in [-0.1, -0.05) is 12.1 Å². The second-order valence-electron chi connectivity index (χ2n) is 12.3. The summed E-state index contributed by atoms with van der Waals surface area (Å²) in [4.78, 5) is 43.8. The number of carbonyl (C=O) groups is 2. The van der Waals surface area contributed by atoms with Crippen molar-refractivity contribution in [2.24, 2.45) is 4.99 Å². The Morgan fingerprint density at radius 1 is 1.07 bits per heavy atom. The molecular weight excluding hydrogens is 562 g/mol. The fraction of sp³-hybridized carbons (Fsp3) is 0.485. The van der Waals surface area contributed by atoms with E-state index in [4.69, 9.17) is 18.9 Å². The highest BCUT2D eigenvalue weighted by atomic mass is 16.6. The number of likely N-dealkylation sites (tertiary alicyclic amines) is 1. The zero-order chi connectivity index (χ0) is 30.8. The van der Waals surface area contributed by atoms with E-state index in [9.17, 15) is 9.59 Å². The van der Waals surface area contributed by atoms with Crippen molar-refractivity contribution in [2.75, 3.05) is 53.1 Å². The van der Waals surface area contributed by atoms with Gasteiger partial charge in [-0.15, -0.1) is 0 Å². The van der Waals surface area contributed by atoms with E-state index in [0.29, 0.717) is 57.4 Å². The number of ether oxygens (including phenoxy) is 4. The predicted molar refractivity (Wildman–Crippen MR) is 163 cm³/mol. The molecule has 3 aliphatic heterocycles. The Balaban J connectivity index is 1.27. The van der Waals surface area contributed by atoms with E-state index in [1.807, 2.05) is 51.1 Å². The van der Waals surface area contributed by atoms with Crippen LogP contribution in [-0.4, -0.2) is 90.5 Å². The fourth-order valence-corrected chi connectivity index (χ4v) is 6.05. The lowest BCUT2D eigenvalue weighted by Crippen LogP contribution is -2.37. The molecule has 11 nitrogen and oxygen atoms in total. The van der Waals surface area contributed by atoms with Gasteiger partial charge in [0.15, 0.2) is 11.5 Å². The van der Waals surface area contributed by atoms with Crippen LogP contribution in [0.15, 0.2) is 41.7 Å². The lowest BCUT2D eigenvalue weighted by molar-refractivity contribution is -0.112. The van der Waals surface area contributed by atoms with Crippen LogP contribution in [0.5, 0.6) is 11.5 Å². The number of morpholine rings is 1. The average molecular weight is 602 g/mol. The number of hydrogen-bond donors (Lipinski definition) is 0. The highest BCUT2D eigenvalue weighted by Gasteiger charge is 2.34. The van der Waals surface area contributed by atoms with Crippen LogP contribution in [0, 0.1) is 0 Å². The predicted octanol–water partition coefficient (Wildman–Crippen LogP) is 3.17. The number of benzene rings is 2. The number of rotatable bonds is 8. The summed E-state index contributed by atoms with van der Waals surface area (Å²) in [5.74, 6) is 0.770. The molecule has 0 saturated carbocycles. The van der Waals surface area contributed by atoms with E-state index in [1.165, 1.54) is 6.33 Å². The Morgan fingerprint density at radius 2 is 1.89 bits per heavy atom. The number of carbonyl (C=O) groups excluding carboxylic acids is 2. The molecule has 0 N–H and O–H groups in total. The van der Waals surface area contributed by atoms with Gasteiger partial charge in [0.05, 0.1) is 55.1 Å². The first-order valence-corrected chi connectivity index (χ1v) is 15.2. The van der Waals surface area contributed by atoms with Gasteiger partial charge in [-0.3, -0.25) is 9.69 Å². The second kappa shape index (κ2) is 12.5. The van der Waals surface area contributed by atoms with Crippen LogP contribution in [0.4, 0.5) is 4.79 Å². The lowest BCUT2D eigenvalue weighted by Gasteiger charge is -2.28. The van der Waals surface area contributed by atoms with Crippen LogP contribution in [0.25, 0.3) is 16.5 Å². The molecule has 2 fully saturated rings. The molecule has 6 rings (SSSR count). The number of nitrogens with zero attached hydrogens (tertiary/aromatic N) is 5. The normalized spacial score (nSPS) is 18.8. The van der Waals surface area contributed by atoms with Crippen LogP contribution in [0.2, 0.25) is 0 Å². The number of methoxy groups -OCH3 is 1. The molecule has 1 atom stereocenters. The van der Waals surface area contributed by atoms with Gasteiger partial charge >= 0.3 is 6.09 Å². The number of hydrogen-bond acceptors (Lipinski definition) is 9. The molecule has 2 amide bonds. The van der Waals surface area contributed by atoms with Crippen LogP contribution in [0.3, 0.4) is 0 Å². The minimum Gasteiger partial charge on any atom is -0.493 e. The van der Waals surface area contributed by atoms with Crippen molar-refractivity contribution in [3.8, 4) is 11.5 Å². The van der Waals surface area contributed by atoms with Crippen molar-refractivity contribution < 1.29 is 28.5 Å². The molecule has 3 aliphatic rings. The quantitative estimate of drug-likeness (QED) is 0.359. The van der Waals surface area contributed by atoms with Crippen molar-refractivity contribution in [3.63, 3.8) is 0 Å². The maximum atomic E-state index is 13.3. The molecular formula is C33H39N5O6. The molecule has 0 spiro atoms. The zero-order valence-corrected chi connectivity index (χ0v) is 25.8. The molecule has 0 bridgehead atoms. The minimum absolute atomic E-state index is 0.138. The van der Waals surface area contributed by atoms with Crippen LogP contribution in [0.1, 0.15) is 57.3 Å². The topological polar surface area (TPSA) is 116 Å².